The summed E-state index contributed by atoms with van der Waals surface area (Å²) in [6, 6.07) is 8.63. The third kappa shape index (κ3) is 3.04. The van der Waals surface area contributed by atoms with Crippen LogP contribution in [0, 0.1) is 6.92 Å². The molecule has 2 aromatic rings. The van der Waals surface area contributed by atoms with Gasteiger partial charge in [0, 0.05) is 23.4 Å². The van der Waals surface area contributed by atoms with Gasteiger partial charge in [0.1, 0.15) is 0 Å². The second-order valence-electron chi connectivity index (χ2n) is 5.29. The van der Waals surface area contributed by atoms with E-state index in [1.54, 1.807) is 0 Å². The minimum Gasteiger partial charge on any atom is -0.317 e. The standard InChI is InChI=1S/C16H20N2S/c1-12-4-2-3-5-14(12)10-15-11-18-16(19-15)13-6-8-17-9-7-13/h2-5,11,13,17H,6-10H2,1H3. The summed E-state index contributed by atoms with van der Waals surface area (Å²) in [6.45, 7) is 4.46. The number of piperidine rings is 1. The van der Waals surface area contributed by atoms with Gasteiger partial charge in [0.15, 0.2) is 0 Å². The third-order valence-corrected chi connectivity index (χ3v) is 5.05. The van der Waals surface area contributed by atoms with Gasteiger partial charge in [-0.15, -0.1) is 11.3 Å². The second kappa shape index (κ2) is 5.85. The Labute approximate surface area is 118 Å². The van der Waals surface area contributed by atoms with E-state index in [0.717, 1.165) is 19.5 Å². The van der Waals surface area contributed by atoms with Crippen LogP contribution in [0.1, 0.15) is 39.8 Å². The van der Waals surface area contributed by atoms with Crippen LogP contribution in [0.3, 0.4) is 0 Å². The van der Waals surface area contributed by atoms with E-state index < -0.39 is 0 Å². The lowest BCUT2D eigenvalue weighted by atomic mass is 9.99. The molecule has 2 heterocycles. The summed E-state index contributed by atoms with van der Waals surface area (Å²) in [5, 5.41) is 4.75. The van der Waals surface area contributed by atoms with Crippen LogP contribution >= 0.6 is 11.3 Å². The summed E-state index contributed by atoms with van der Waals surface area (Å²) in [5.41, 5.74) is 2.79. The molecular formula is C16H20N2S. The van der Waals surface area contributed by atoms with Crippen molar-refractivity contribution in [1.29, 1.82) is 0 Å². The fourth-order valence-corrected chi connectivity index (χ4v) is 3.77. The fraction of sp³-hybridized carbons (Fsp3) is 0.438. The van der Waals surface area contributed by atoms with Crippen LogP contribution < -0.4 is 5.32 Å². The highest BCUT2D eigenvalue weighted by Gasteiger charge is 2.18. The van der Waals surface area contributed by atoms with Crippen LogP contribution in [0.25, 0.3) is 0 Å². The summed E-state index contributed by atoms with van der Waals surface area (Å²) in [5.74, 6) is 0.678. The van der Waals surface area contributed by atoms with E-state index in [1.165, 1.54) is 33.9 Å². The van der Waals surface area contributed by atoms with Crippen molar-refractivity contribution >= 4 is 11.3 Å². The Hall–Kier alpha value is -1.19. The first-order valence-corrected chi connectivity index (χ1v) is 7.84. The van der Waals surface area contributed by atoms with Gasteiger partial charge in [0.2, 0.25) is 0 Å². The van der Waals surface area contributed by atoms with Gasteiger partial charge in [-0.25, -0.2) is 4.98 Å². The largest absolute Gasteiger partial charge is 0.317 e. The molecule has 0 saturated carbocycles. The Kier molecular flexibility index (Phi) is 3.95. The number of aryl methyl sites for hydroxylation is 1. The Morgan fingerprint density at radius 1 is 1.26 bits per heavy atom. The molecule has 0 atom stereocenters. The molecule has 1 aromatic heterocycles. The van der Waals surface area contributed by atoms with Gasteiger partial charge in [-0.3, -0.25) is 0 Å². The van der Waals surface area contributed by atoms with E-state index in [4.69, 9.17) is 0 Å². The molecule has 1 saturated heterocycles. The van der Waals surface area contributed by atoms with Gasteiger partial charge in [-0.05, 0) is 44.0 Å². The maximum absolute atomic E-state index is 4.66. The smallest absolute Gasteiger partial charge is 0.0959 e. The molecule has 3 rings (SSSR count). The van der Waals surface area contributed by atoms with E-state index in [0.29, 0.717) is 5.92 Å². The van der Waals surface area contributed by atoms with Crippen molar-refractivity contribution in [3.63, 3.8) is 0 Å². The van der Waals surface area contributed by atoms with Crippen molar-refractivity contribution in [3.05, 3.63) is 51.5 Å². The van der Waals surface area contributed by atoms with Crippen molar-refractivity contribution in [2.45, 2.75) is 32.1 Å². The van der Waals surface area contributed by atoms with Gasteiger partial charge < -0.3 is 5.32 Å². The van der Waals surface area contributed by atoms with Gasteiger partial charge in [-0.1, -0.05) is 24.3 Å². The third-order valence-electron chi connectivity index (χ3n) is 3.89. The number of rotatable bonds is 3. The average Bonchev–Trinajstić information content (AvgIpc) is 2.91. The summed E-state index contributed by atoms with van der Waals surface area (Å²) < 4.78 is 0. The highest BCUT2D eigenvalue weighted by atomic mass is 32.1. The number of benzene rings is 1. The molecule has 19 heavy (non-hydrogen) atoms. The van der Waals surface area contributed by atoms with Crippen LogP contribution in [-0.2, 0) is 6.42 Å². The normalized spacial score (nSPS) is 16.7. The van der Waals surface area contributed by atoms with Crippen molar-refractivity contribution in [2.75, 3.05) is 13.1 Å². The van der Waals surface area contributed by atoms with Crippen molar-refractivity contribution in [1.82, 2.24) is 10.3 Å². The highest BCUT2D eigenvalue weighted by molar-refractivity contribution is 7.11. The maximum atomic E-state index is 4.66. The zero-order chi connectivity index (χ0) is 13.1. The molecule has 1 fully saturated rings. The number of thiazole rings is 1. The minimum atomic E-state index is 0.678. The topological polar surface area (TPSA) is 24.9 Å². The first kappa shape index (κ1) is 12.8. The molecule has 2 nitrogen and oxygen atoms in total. The van der Waals surface area contributed by atoms with Crippen molar-refractivity contribution < 1.29 is 0 Å². The first-order chi connectivity index (χ1) is 9.33. The number of nitrogens with one attached hydrogen (secondary N) is 1. The predicted molar refractivity (Wildman–Crippen MR) is 80.9 cm³/mol. The van der Waals surface area contributed by atoms with Crippen LogP contribution in [0.2, 0.25) is 0 Å². The van der Waals surface area contributed by atoms with Crippen molar-refractivity contribution in [2.24, 2.45) is 0 Å². The molecule has 3 heteroatoms. The zero-order valence-corrected chi connectivity index (χ0v) is 12.2. The van der Waals surface area contributed by atoms with Crippen LogP contribution in [0.15, 0.2) is 30.5 Å². The van der Waals surface area contributed by atoms with Gasteiger partial charge in [0.05, 0.1) is 5.01 Å². The number of hydrogen-bond acceptors (Lipinski definition) is 3. The lowest BCUT2D eigenvalue weighted by Gasteiger charge is -2.20. The molecule has 1 aliphatic heterocycles. The molecule has 0 aliphatic carbocycles. The molecule has 0 spiro atoms. The zero-order valence-electron chi connectivity index (χ0n) is 11.4. The molecule has 0 radical (unpaired) electrons. The average molecular weight is 272 g/mol. The Morgan fingerprint density at radius 3 is 2.84 bits per heavy atom. The Morgan fingerprint density at radius 2 is 2.05 bits per heavy atom. The van der Waals surface area contributed by atoms with Gasteiger partial charge in [-0.2, -0.15) is 0 Å². The Balaban J connectivity index is 1.73. The monoisotopic (exact) mass is 272 g/mol. The molecule has 1 aromatic carbocycles. The molecule has 1 N–H and O–H groups in total. The van der Waals surface area contributed by atoms with E-state index in [9.17, 15) is 0 Å². The quantitative estimate of drug-likeness (QED) is 0.925. The van der Waals surface area contributed by atoms with E-state index in [1.807, 2.05) is 11.3 Å². The molecule has 0 bridgehead atoms. The van der Waals surface area contributed by atoms with Crippen molar-refractivity contribution in [3.8, 4) is 0 Å². The first-order valence-electron chi connectivity index (χ1n) is 7.03. The molecule has 1 aliphatic rings. The predicted octanol–water partition coefficient (Wildman–Crippen LogP) is 3.51. The number of nitrogens with zero attached hydrogens (tertiary/aromatic N) is 1. The summed E-state index contributed by atoms with van der Waals surface area (Å²) in [6.07, 6.45) is 5.57. The summed E-state index contributed by atoms with van der Waals surface area (Å²) in [7, 11) is 0. The van der Waals surface area contributed by atoms with Crippen LogP contribution in [0.4, 0.5) is 0 Å². The van der Waals surface area contributed by atoms with E-state index in [-0.39, 0.29) is 0 Å². The lowest BCUT2D eigenvalue weighted by molar-refractivity contribution is 0.459. The molecule has 0 unspecified atom stereocenters. The van der Waals surface area contributed by atoms with Crippen LogP contribution in [0.5, 0.6) is 0 Å². The summed E-state index contributed by atoms with van der Waals surface area (Å²) >= 11 is 1.90. The molecular weight excluding hydrogens is 252 g/mol. The van der Waals surface area contributed by atoms with Gasteiger partial charge >= 0.3 is 0 Å². The SMILES string of the molecule is Cc1ccccc1Cc1cnc(C2CCNCC2)s1. The fourth-order valence-electron chi connectivity index (χ4n) is 2.66. The lowest BCUT2D eigenvalue weighted by Crippen LogP contribution is -2.26. The Bertz CT molecular complexity index is 541. The van der Waals surface area contributed by atoms with Gasteiger partial charge in [0.25, 0.3) is 0 Å². The minimum absolute atomic E-state index is 0.678. The van der Waals surface area contributed by atoms with E-state index in [2.05, 4.69) is 47.7 Å². The van der Waals surface area contributed by atoms with E-state index >= 15 is 0 Å². The van der Waals surface area contributed by atoms with Crippen LogP contribution in [-0.4, -0.2) is 18.1 Å². The molecule has 0 amide bonds. The highest BCUT2D eigenvalue weighted by Crippen LogP contribution is 2.30. The maximum Gasteiger partial charge on any atom is 0.0959 e. The molecule has 100 valence electrons. The summed E-state index contributed by atoms with van der Waals surface area (Å²) in [4.78, 5) is 6.05. The number of hydrogen-bond donors (Lipinski definition) is 1. The number of aromatic nitrogens is 1. The second-order valence-corrected chi connectivity index (χ2v) is 6.44.